The third-order valence-corrected chi connectivity index (χ3v) is 6.23. The molecule has 132 valence electrons. The molecule has 7 nitrogen and oxygen atoms in total. The zero-order chi connectivity index (χ0) is 18.2. The predicted octanol–water partition coefficient (Wildman–Crippen LogP) is 2.81. The van der Waals surface area contributed by atoms with Crippen LogP contribution in [0.4, 0.5) is 5.13 Å². The number of anilines is 1. The topological polar surface area (TPSA) is 102 Å². The Hall–Kier alpha value is -2.26. The number of hydrogen-bond acceptors (Lipinski definition) is 7. The molecule has 0 saturated heterocycles. The minimum atomic E-state index is -3.86. The van der Waals surface area contributed by atoms with Crippen molar-refractivity contribution in [2.75, 3.05) is 11.8 Å². The van der Waals surface area contributed by atoms with Crippen LogP contribution in [0.25, 0.3) is 0 Å². The molecule has 25 heavy (non-hydrogen) atoms. The second-order valence-corrected chi connectivity index (χ2v) is 8.37. The van der Waals surface area contributed by atoms with Gasteiger partial charge in [-0.1, -0.05) is 23.5 Å². The first-order valence-electron chi connectivity index (χ1n) is 7.54. The lowest BCUT2D eigenvalue weighted by Crippen LogP contribution is -2.13. The molecule has 0 unspecified atom stereocenters. The van der Waals surface area contributed by atoms with Gasteiger partial charge in [-0.15, -0.1) is 0 Å². The number of nitrogens with zero attached hydrogens (tertiary/aromatic N) is 1. The van der Waals surface area contributed by atoms with E-state index in [0.717, 1.165) is 24.2 Å². The van der Waals surface area contributed by atoms with Crippen LogP contribution in [0.5, 0.6) is 0 Å². The molecule has 2 aromatic rings. The number of ketones is 1. The third kappa shape index (κ3) is 3.72. The maximum Gasteiger partial charge on any atom is 0.350 e. The molecule has 0 amide bonds. The van der Waals surface area contributed by atoms with Crippen LogP contribution in [0.1, 0.15) is 51.4 Å². The fourth-order valence-corrected chi connectivity index (χ4v) is 4.50. The second-order valence-electron chi connectivity index (χ2n) is 5.69. The highest BCUT2D eigenvalue weighted by Gasteiger charge is 2.33. The Labute approximate surface area is 149 Å². The number of carbonyl (C=O) groups is 2. The van der Waals surface area contributed by atoms with Crippen molar-refractivity contribution >= 4 is 38.2 Å². The van der Waals surface area contributed by atoms with Crippen molar-refractivity contribution in [2.45, 2.75) is 30.6 Å². The molecule has 9 heteroatoms. The Morgan fingerprint density at radius 2 is 1.88 bits per heavy atom. The maximum atomic E-state index is 12.5. The average molecular weight is 380 g/mol. The number of esters is 1. The number of nitrogens with one attached hydrogen (secondary N) is 1. The van der Waals surface area contributed by atoms with Gasteiger partial charge in [-0.05, 0) is 31.9 Å². The molecule has 0 aliphatic heterocycles. The quantitative estimate of drug-likeness (QED) is 0.611. The van der Waals surface area contributed by atoms with E-state index in [9.17, 15) is 18.0 Å². The number of ether oxygens (including phenoxy) is 1. The van der Waals surface area contributed by atoms with Crippen molar-refractivity contribution in [1.82, 2.24) is 4.98 Å². The molecule has 0 bridgehead atoms. The lowest BCUT2D eigenvalue weighted by Gasteiger charge is -2.05. The molecule has 0 radical (unpaired) electrons. The molecule has 1 fully saturated rings. The number of carbonyl (C=O) groups excluding carboxylic acids is 2. The van der Waals surface area contributed by atoms with Crippen LogP contribution in [0.15, 0.2) is 29.2 Å². The van der Waals surface area contributed by atoms with Crippen molar-refractivity contribution in [3.8, 4) is 0 Å². The summed E-state index contributed by atoms with van der Waals surface area (Å²) >= 11 is 0.960. The molecular weight excluding hydrogens is 364 g/mol. The van der Waals surface area contributed by atoms with E-state index in [1.807, 2.05) is 0 Å². The van der Waals surface area contributed by atoms with Gasteiger partial charge in [0.1, 0.15) is 4.88 Å². The summed E-state index contributed by atoms with van der Waals surface area (Å²) in [6, 6.07) is 5.62. The first-order chi connectivity index (χ1) is 11.8. The van der Waals surface area contributed by atoms with Gasteiger partial charge in [-0.25, -0.2) is 18.2 Å². The standard InChI is InChI=1S/C16H16N2O5S2/c1-9(19)10-5-7-12(8-6-10)25(21,22)18-16-17-13(11-3-4-11)14(24-16)15(20)23-2/h5-8,11H,3-4H2,1-2H3,(H,17,18). The molecule has 1 aliphatic carbocycles. The Kier molecular flexibility index (Phi) is 4.61. The highest BCUT2D eigenvalue weighted by Crippen LogP contribution is 2.44. The summed E-state index contributed by atoms with van der Waals surface area (Å²) in [4.78, 5) is 27.8. The predicted molar refractivity (Wildman–Crippen MR) is 92.7 cm³/mol. The molecule has 1 aliphatic rings. The average Bonchev–Trinajstić information content (AvgIpc) is 3.35. The number of benzene rings is 1. The molecule has 1 saturated carbocycles. The van der Waals surface area contributed by atoms with E-state index in [1.165, 1.54) is 38.3 Å². The summed E-state index contributed by atoms with van der Waals surface area (Å²) in [5.74, 6) is -0.484. The number of thiazole rings is 1. The molecule has 0 atom stereocenters. The van der Waals surface area contributed by atoms with E-state index in [4.69, 9.17) is 4.74 Å². The van der Waals surface area contributed by atoms with Crippen molar-refractivity contribution < 1.29 is 22.7 Å². The van der Waals surface area contributed by atoms with Gasteiger partial charge in [-0.2, -0.15) is 0 Å². The van der Waals surface area contributed by atoms with Crippen LogP contribution in [0.2, 0.25) is 0 Å². The van der Waals surface area contributed by atoms with Crippen molar-refractivity contribution in [3.05, 3.63) is 40.4 Å². The number of sulfonamides is 1. The van der Waals surface area contributed by atoms with Crippen LogP contribution in [0, 0.1) is 0 Å². The SMILES string of the molecule is COC(=O)c1sc(NS(=O)(=O)c2ccc(C(C)=O)cc2)nc1C1CC1. The van der Waals surface area contributed by atoms with Gasteiger partial charge < -0.3 is 4.74 Å². The maximum absolute atomic E-state index is 12.5. The molecule has 1 aromatic carbocycles. The smallest absolute Gasteiger partial charge is 0.350 e. The van der Waals surface area contributed by atoms with E-state index in [-0.39, 0.29) is 21.7 Å². The Balaban J connectivity index is 1.88. The second kappa shape index (κ2) is 6.57. The number of Topliss-reactive ketones (excluding diaryl/α,β-unsaturated/α-hetero) is 1. The number of rotatable bonds is 6. The van der Waals surface area contributed by atoms with Crippen LogP contribution in [0.3, 0.4) is 0 Å². The highest BCUT2D eigenvalue weighted by molar-refractivity contribution is 7.93. The van der Waals surface area contributed by atoms with E-state index >= 15 is 0 Å². The number of hydrogen-bond donors (Lipinski definition) is 1. The first kappa shape index (κ1) is 17.6. The summed E-state index contributed by atoms with van der Waals surface area (Å²) in [5.41, 5.74) is 1.01. The molecule has 3 rings (SSSR count). The Bertz CT molecular complexity index is 928. The lowest BCUT2D eigenvalue weighted by molar-refractivity contribution is 0.0604. The van der Waals surface area contributed by atoms with Crippen LogP contribution in [-0.4, -0.2) is 32.3 Å². The summed E-state index contributed by atoms with van der Waals surface area (Å²) in [6.07, 6.45) is 1.85. The largest absolute Gasteiger partial charge is 0.465 e. The minimum Gasteiger partial charge on any atom is -0.465 e. The number of methoxy groups -OCH3 is 1. The first-order valence-corrected chi connectivity index (χ1v) is 9.84. The van der Waals surface area contributed by atoms with Crippen molar-refractivity contribution in [2.24, 2.45) is 0 Å². The molecule has 1 heterocycles. The van der Waals surface area contributed by atoms with Crippen LogP contribution >= 0.6 is 11.3 Å². The molecule has 1 aromatic heterocycles. The molecule has 1 N–H and O–H groups in total. The van der Waals surface area contributed by atoms with Gasteiger partial charge in [0, 0.05) is 11.5 Å². The third-order valence-electron chi connectivity index (χ3n) is 3.78. The summed E-state index contributed by atoms with van der Waals surface area (Å²) in [5, 5.41) is 0.123. The van der Waals surface area contributed by atoms with E-state index in [0.29, 0.717) is 16.1 Å². The fourth-order valence-electron chi connectivity index (χ4n) is 2.29. The summed E-state index contributed by atoms with van der Waals surface area (Å²) in [7, 11) is -2.59. The number of aromatic nitrogens is 1. The molecule has 0 spiro atoms. The highest BCUT2D eigenvalue weighted by atomic mass is 32.2. The van der Waals surface area contributed by atoms with Gasteiger partial charge in [0.25, 0.3) is 10.0 Å². The summed E-state index contributed by atoms with van der Waals surface area (Å²) in [6.45, 7) is 1.41. The lowest BCUT2D eigenvalue weighted by atomic mass is 10.2. The van der Waals surface area contributed by atoms with Gasteiger partial charge in [0.15, 0.2) is 10.9 Å². The normalized spacial score (nSPS) is 14.2. The van der Waals surface area contributed by atoms with Crippen LogP contribution < -0.4 is 4.72 Å². The van der Waals surface area contributed by atoms with Gasteiger partial charge in [0.05, 0.1) is 17.7 Å². The fraction of sp³-hybridized carbons (Fsp3) is 0.312. The van der Waals surface area contributed by atoms with E-state index in [2.05, 4.69) is 9.71 Å². The van der Waals surface area contributed by atoms with E-state index in [1.54, 1.807) is 0 Å². The van der Waals surface area contributed by atoms with E-state index < -0.39 is 16.0 Å². The Morgan fingerprint density at radius 3 is 2.40 bits per heavy atom. The minimum absolute atomic E-state index is 0.0142. The molecular formula is C16H16N2O5S2. The monoisotopic (exact) mass is 380 g/mol. The van der Waals surface area contributed by atoms with Crippen LogP contribution in [-0.2, 0) is 14.8 Å². The van der Waals surface area contributed by atoms with Crippen molar-refractivity contribution in [1.29, 1.82) is 0 Å². The zero-order valence-corrected chi connectivity index (χ0v) is 15.2. The summed E-state index contributed by atoms with van der Waals surface area (Å²) < 4.78 is 32.1. The van der Waals surface area contributed by atoms with Gasteiger partial charge in [0.2, 0.25) is 0 Å². The Morgan fingerprint density at radius 1 is 1.24 bits per heavy atom. The van der Waals surface area contributed by atoms with Gasteiger partial charge >= 0.3 is 5.97 Å². The van der Waals surface area contributed by atoms with Crippen molar-refractivity contribution in [3.63, 3.8) is 0 Å². The zero-order valence-electron chi connectivity index (χ0n) is 13.6. The van der Waals surface area contributed by atoms with Gasteiger partial charge in [-0.3, -0.25) is 9.52 Å².